The Bertz CT molecular complexity index is 388. The van der Waals surface area contributed by atoms with Crippen LogP contribution in [0.1, 0.15) is 32.8 Å². The van der Waals surface area contributed by atoms with Gasteiger partial charge in [-0.25, -0.2) is 0 Å². The minimum Gasteiger partial charge on any atom is -0.382 e. The van der Waals surface area contributed by atoms with Crippen molar-refractivity contribution in [1.29, 1.82) is 0 Å². The molecule has 0 aliphatic rings. The molecule has 1 aromatic carbocycles. The van der Waals surface area contributed by atoms with Gasteiger partial charge in [0.15, 0.2) is 0 Å². The van der Waals surface area contributed by atoms with E-state index in [0.29, 0.717) is 18.4 Å². The molecule has 1 rings (SSSR count). The number of carbonyl (C=O) groups is 1. The minimum absolute atomic E-state index is 0.0424. The fraction of sp³-hybridized carbons (Fsp3) is 0.533. The van der Waals surface area contributed by atoms with Crippen LogP contribution >= 0.6 is 0 Å². The Hall–Kier alpha value is -1.51. The smallest absolute Gasteiger partial charge is 0.224 e. The Labute approximate surface area is 110 Å². The molecule has 1 aromatic rings. The Balaban J connectivity index is 2.72. The van der Waals surface area contributed by atoms with E-state index in [0.717, 1.165) is 17.7 Å². The number of para-hydroxylation sites is 1. The number of anilines is 1. The summed E-state index contributed by atoms with van der Waals surface area (Å²) in [6, 6.07) is 8.42. The lowest BCUT2D eigenvalue weighted by Crippen LogP contribution is -2.22. The lowest BCUT2D eigenvalue weighted by atomic mass is 10.0. The van der Waals surface area contributed by atoms with Crippen LogP contribution in [-0.4, -0.2) is 19.0 Å². The van der Waals surface area contributed by atoms with Gasteiger partial charge >= 0.3 is 0 Å². The van der Waals surface area contributed by atoms with Crippen LogP contribution in [-0.2, 0) is 11.2 Å². The molecule has 0 saturated carbocycles. The van der Waals surface area contributed by atoms with E-state index >= 15 is 0 Å². The van der Waals surface area contributed by atoms with E-state index in [2.05, 4.69) is 31.4 Å². The van der Waals surface area contributed by atoms with Gasteiger partial charge in [0.05, 0.1) is 6.42 Å². The second-order valence-corrected chi connectivity index (χ2v) is 5.18. The lowest BCUT2D eigenvalue weighted by molar-refractivity contribution is -0.119. The molecular weight excluding hydrogens is 224 g/mol. The molecule has 3 heteroatoms. The highest BCUT2D eigenvalue weighted by Crippen LogP contribution is 2.18. The maximum Gasteiger partial charge on any atom is 0.224 e. The van der Waals surface area contributed by atoms with Crippen LogP contribution < -0.4 is 10.6 Å². The van der Waals surface area contributed by atoms with Gasteiger partial charge in [-0.3, -0.25) is 4.79 Å². The molecule has 18 heavy (non-hydrogen) atoms. The van der Waals surface area contributed by atoms with Crippen molar-refractivity contribution in [3.63, 3.8) is 0 Å². The molecule has 0 saturated heterocycles. The van der Waals surface area contributed by atoms with E-state index in [1.165, 1.54) is 0 Å². The van der Waals surface area contributed by atoms with Crippen molar-refractivity contribution in [2.24, 2.45) is 5.92 Å². The van der Waals surface area contributed by atoms with Crippen molar-refractivity contribution in [3.8, 4) is 0 Å². The van der Waals surface area contributed by atoms with E-state index in [1.807, 2.05) is 24.3 Å². The largest absolute Gasteiger partial charge is 0.382 e. The van der Waals surface area contributed by atoms with Crippen LogP contribution in [0.25, 0.3) is 0 Å². The summed E-state index contributed by atoms with van der Waals surface area (Å²) >= 11 is 0. The predicted molar refractivity (Wildman–Crippen MR) is 76.8 cm³/mol. The number of nitrogens with one attached hydrogen (secondary N) is 2. The lowest BCUT2D eigenvalue weighted by Gasteiger charge is -2.19. The molecule has 0 radical (unpaired) electrons. The molecule has 1 unspecified atom stereocenters. The molecule has 0 aromatic heterocycles. The number of hydrogen-bond acceptors (Lipinski definition) is 2. The number of likely N-dealkylation sites (N-methyl/N-ethyl adjacent to an activating group) is 1. The molecule has 1 atom stereocenters. The SMILES string of the molecule is CNC(=O)Cc1ccccc1NC(C)CC(C)C. The molecule has 0 fully saturated rings. The Morgan fingerprint density at radius 1 is 1.22 bits per heavy atom. The minimum atomic E-state index is 0.0424. The van der Waals surface area contributed by atoms with Gasteiger partial charge in [0.2, 0.25) is 5.91 Å². The van der Waals surface area contributed by atoms with E-state index < -0.39 is 0 Å². The van der Waals surface area contributed by atoms with Gasteiger partial charge < -0.3 is 10.6 Å². The molecule has 0 bridgehead atoms. The van der Waals surface area contributed by atoms with E-state index in [1.54, 1.807) is 7.05 Å². The van der Waals surface area contributed by atoms with Crippen LogP contribution in [0.3, 0.4) is 0 Å². The van der Waals surface area contributed by atoms with Gasteiger partial charge in [-0.15, -0.1) is 0 Å². The number of carbonyl (C=O) groups excluding carboxylic acids is 1. The Kier molecular flexibility index (Phi) is 5.69. The fourth-order valence-corrected chi connectivity index (χ4v) is 2.11. The summed E-state index contributed by atoms with van der Waals surface area (Å²) in [5.41, 5.74) is 2.11. The highest BCUT2D eigenvalue weighted by molar-refractivity contribution is 5.80. The molecule has 2 N–H and O–H groups in total. The zero-order valence-electron chi connectivity index (χ0n) is 11.8. The highest BCUT2D eigenvalue weighted by Gasteiger charge is 2.09. The third-order valence-corrected chi connectivity index (χ3v) is 2.87. The van der Waals surface area contributed by atoms with Crippen LogP contribution in [0.4, 0.5) is 5.69 Å². The number of amides is 1. The summed E-state index contributed by atoms with van der Waals surface area (Å²) in [4.78, 5) is 11.5. The maximum absolute atomic E-state index is 11.5. The van der Waals surface area contributed by atoms with E-state index in [9.17, 15) is 4.79 Å². The molecule has 0 aliphatic carbocycles. The summed E-state index contributed by atoms with van der Waals surface area (Å²) in [6.45, 7) is 6.61. The monoisotopic (exact) mass is 248 g/mol. The summed E-state index contributed by atoms with van der Waals surface area (Å²) in [7, 11) is 1.67. The second kappa shape index (κ2) is 7.04. The summed E-state index contributed by atoms with van der Waals surface area (Å²) < 4.78 is 0. The van der Waals surface area contributed by atoms with E-state index in [-0.39, 0.29) is 5.91 Å². The predicted octanol–water partition coefficient (Wildman–Crippen LogP) is 2.82. The molecule has 0 aliphatic heterocycles. The summed E-state index contributed by atoms with van der Waals surface area (Å²) in [5, 5.41) is 6.15. The van der Waals surface area contributed by atoms with Crippen LogP contribution in [0, 0.1) is 5.92 Å². The standard InChI is InChI=1S/C15H24N2O/c1-11(2)9-12(3)17-14-8-6-5-7-13(14)10-15(18)16-4/h5-8,11-12,17H,9-10H2,1-4H3,(H,16,18). The first-order chi connectivity index (χ1) is 8.52. The average molecular weight is 248 g/mol. The van der Waals surface area contributed by atoms with Gasteiger partial charge in [0, 0.05) is 18.8 Å². The maximum atomic E-state index is 11.5. The summed E-state index contributed by atoms with van der Waals surface area (Å²) in [6.07, 6.45) is 1.54. The third kappa shape index (κ3) is 4.78. The van der Waals surface area contributed by atoms with Gasteiger partial charge in [0.25, 0.3) is 0 Å². The molecule has 100 valence electrons. The number of rotatable bonds is 6. The van der Waals surface area contributed by atoms with Crippen molar-refractivity contribution in [3.05, 3.63) is 29.8 Å². The first-order valence-corrected chi connectivity index (χ1v) is 6.58. The second-order valence-electron chi connectivity index (χ2n) is 5.18. The first-order valence-electron chi connectivity index (χ1n) is 6.58. The van der Waals surface area contributed by atoms with Crippen LogP contribution in [0.2, 0.25) is 0 Å². The molecular formula is C15H24N2O. The molecule has 0 heterocycles. The summed E-state index contributed by atoms with van der Waals surface area (Å²) in [5.74, 6) is 0.708. The highest BCUT2D eigenvalue weighted by atomic mass is 16.1. The normalized spacial score (nSPS) is 12.3. The van der Waals surface area contributed by atoms with Crippen molar-refractivity contribution in [2.75, 3.05) is 12.4 Å². The quantitative estimate of drug-likeness (QED) is 0.813. The van der Waals surface area contributed by atoms with Gasteiger partial charge in [-0.05, 0) is 30.9 Å². The van der Waals surface area contributed by atoms with Crippen molar-refractivity contribution in [2.45, 2.75) is 39.7 Å². The van der Waals surface area contributed by atoms with Gasteiger partial charge in [-0.2, -0.15) is 0 Å². The Morgan fingerprint density at radius 3 is 2.50 bits per heavy atom. The van der Waals surface area contributed by atoms with Crippen molar-refractivity contribution >= 4 is 11.6 Å². The zero-order chi connectivity index (χ0) is 13.5. The molecule has 0 spiro atoms. The zero-order valence-corrected chi connectivity index (χ0v) is 11.8. The van der Waals surface area contributed by atoms with Crippen molar-refractivity contribution in [1.82, 2.24) is 5.32 Å². The first kappa shape index (κ1) is 14.6. The van der Waals surface area contributed by atoms with E-state index in [4.69, 9.17) is 0 Å². The third-order valence-electron chi connectivity index (χ3n) is 2.87. The number of hydrogen-bond donors (Lipinski definition) is 2. The van der Waals surface area contributed by atoms with Crippen LogP contribution in [0.5, 0.6) is 0 Å². The van der Waals surface area contributed by atoms with Gasteiger partial charge in [0.1, 0.15) is 0 Å². The number of benzene rings is 1. The van der Waals surface area contributed by atoms with Crippen molar-refractivity contribution < 1.29 is 4.79 Å². The van der Waals surface area contributed by atoms with Crippen LogP contribution in [0.15, 0.2) is 24.3 Å². The molecule has 3 nitrogen and oxygen atoms in total. The topological polar surface area (TPSA) is 41.1 Å². The average Bonchev–Trinajstić information content (AvgIpc) is 2.30. The van der Waals surface area contributed by atoms with Gasteiger partial charge in [-0.1, -0.05) is 32.0 Å². The Morgan fingerprint density at radius 2 is 1.89 bits per heavy atom. The fourth-order valence-electron chi connectivity index (χ4n) is 2.11. The molecule has 1 amide bonds.